The molecule has 2 rings (SSSR count). The molecule has 0 saturated carbocycles. The minimum atomic E-state index is -0.628. The van der Waals surface area contributed by atoms with E-state index in [1.54, 1.807) is 14.2 Å². The van der Waals surface area contributed by atoms with E-state index in [9.17, 15) is 4.79 Å². The van der Waals surface area contributed by atoms with Crippen molar-refractivity contribution in [2.24, 2.45) is 0 Å². The zero-order valence-corrected chi connectivity index (χ0v) is 15.1. The molecule has 0 radical (unpaired) electrons. The van der Waals surface area contributed by atoms with Gasteiger partial charge in [-0.1, -0.05) is 6.07 Å². The van der Waals surface area contributed by atoms with E-state index in [2.05, 4.69) is 10.6 Å². The van der Waals surface area contributed by atoms with Crippen LogP contribution in [0.4, 0.5) is 0 Å². The molecule has 0 unspecified atom stereocenters. The van der Waals surface area contributed by atoms with Gasteiger partial charge in [0.15, 0.2) is 11.5 Å². The van der Waals surface area contributed by atoms with E-state index in [1.807, 2.05) is 32.0 Å². The largest absolute Gasteiger partial charge is 0.493 e. The lowest BCUT2D eigenvalue weighted by Gasteiger charge is -2.30. The molecule has 0 bridgehead atoms. The average Bonchev–Trinajstić information content (AvgIpc) is 2.54. The van der Waals surface area contributed by atoms with Gasteiger partial charge >= 0.3 is 0 Å². The van der Waals surface area contributed by atoms with Crippen LogP contribution in [0.1, 0.15) is 32.3 Å². The summed E-state index contributed by atoms with van der Waals surface area (Å²) in [4.78, 5) is 12.7. The van der Waals surface area contributed by atoms with Crippen LogP contribution in [0.3, 0.4) is 0 Å². The Labute approximate surface area is 144 Å². The number of amides is 1. The maximum absolute atomic E-state index is 12.7. The Morgan fingerprint density at radius 3 is 2.52 bits per heavy atom. The van der Waals surface area contributed by atoms with E-state index in [-0.39, 0.29) is 24.4 Å². The minimum Gasteiger partial charge on any atom is -0.493 e. The van der Waals surface area contributed by atoms with Gasteiger partial charge in [-0.15, -0.1) is 12.4 Å². The highest BCUT2D eigenvalue weighted by Crippen LogP contribution is 2.33. The Balaban J connectivity index is 0.00000264. The van der Waals surface area contributed by atoms with Gasteiger partial charge in [0, 0.05) is 12.6 Å². The highest BCUT2D eigenvalue weighted by atomic mass is 35.5. The van der Waals surface area contributed by atoms with E-state index in [4.69, 9.17) is 9.47 Å². The maximum atomic E-state index is 12.7. The standard InChI is InChI=1S/C17H26N2O3.ClH/c1-17(2,16(20)19-13-6-5-9-18-11-13)12-7-8-14(21-3)15(10-12)22-4;/h7-8,10,13,18H,5-6,9,11H2,1-4H3,(H,19,20);1H/t13-;/m0./s1. The minimum absolute atomic E-state index is 0. The van der Waals surface area contributed by atoms with Crippen LogP contribution in [-0.4, -0.2) is 39.3 Å². The molecule has 1 aromatic carbocycles. The van der Waals surface area contributed by atoms with Crippen LogP contribution >= 0.6 is 12.4 Å². The van der Waals surface area contributed by atoms with Crippen LogP contribution in [0.25, 0.3) is 0 Å². The van der Waals surface area contributed by atoms with Crippen molar-refractivity contribution in [3.63, 3.8) is 0 Å². The molecule has 2 N–H and O–H groups in total. The van der Waals surface area contributed by atoms with E-state index in [0.717, 1.165) is 31.5 Å². The van der Waals surface area contributed by atoms with Crippen LogP contribution in [0.15, 0.2) is 18.2 Å². The second-order valence-corrected chi connectivity index (χ2v) is 6.21. The van der Waals surface area contributed by atoms with Crippen molar-refractivity contribution >= 4 is 18.3 Å². The van der Waals surface area contributed by atoms with Gasteiger partial charge in [-0.2, -0.15) is 0 Å². The molecular formula is C17H27ClN2O3. The van der Waals surface area contributed by atoms with E-state index < -0.39 is 5.41 Å². The molecular weight excluding hydrogens is 316 g/mol. The van der Waals surface area contributed by atoms with Gasteiger partial charge in [0.05, 0.1) is 19.6 Å². The van der Waals surface area contributed by atoms with Crippen LogP contribution in [0.2, 0.25) is 0 Å². The first-order valence-electron chi connectivity index (χ1n) is 7.73. The van der Waals surface area contributed by atoms with Gasteiger partial charge in [0.2, 0.25) is 5.91 Å². The zero-order valence-electron chi connectivity index (χ0n) is 14.3. The molecule has 1 aliphatic rings. The summed E-state index contributed by atoms with van der Waals surface area (Å²) >= 11 is 0. The summed E-state index contributed by atoms with van der Waals surface area (Å²) in [6.45, 7) is 5.73. The first-order valence-corrected chi connectivity index (χ1v) is 7.73. The molecule has 1 saturated heterocycles. The first kappa shape index (κ1) is 19.6. The molecule has 1 aromatic rings. The molecule has 0 spiro atoms. The Hall–Kier alpha value is -1.46. The molecule has 6 heteroatoms. The third-order valence-electron chi connectivity index (χ3n) is 4.30. The molecule has 1 atom stereocenters. The lowest BCUT2D eigenvalue weighted by atomic mass is 9.83. The summed E-state index contributed by atoms with van der Waals surface area (Å²) in [6.07, 6.45) is 2.13. The number of carbonyl (C=O) groups excluding carboxylic acids is 1. The van der Waals surface area contributed by atoms with Gasteiger partial charge in [-0.3, -0.25) is 4.79 Å². The molecule has 0 aliphatic carbocycles. The third kappa shape index (κ3) is 4.52. The number of rotatable bonds is 5. The Morgan fingerprint density at radius 2 is 1.96 bits per heavy atom. The summed E-state index contributed by atoms with van der Waals surface area (Å²) in [5.41, 5.74) is 0.281. The van der Waals surface area contributed by atoms with Crippen LogP contribution in [0.5, 0.6) is 11.5 Å². The van der Waals surface area contributed by atoms with Gasteiger partial charge in [-0.25, -0.2) is 0 Å². The third-order valence-corrected chi connectivity index (χ3v) is 4.30. The van der Waals surface area contributed by atoms with Crippen molar-refractivity contribution in [2.45, 2.75) is 38.1 Å². The zero-order chi connectivity index (χ0) is 16.2. The highest BCUT2D eigenvalue weighted by molar-refractivity contribution is 5.87. The second-order valence-electron chi connectivity index (χ2n) is 6.21. The van der Waals surface area contributed by atoms with Gasteiger partial charge in [-0.05, 0) is 50.9 Å². The molecule has 130 valence electrons. The number of carbonyl (C=O) groups is 1. The summed E-state index contributed by atoms with van der Waals surface area (Å²) in [7, 11) is 3.20. The fourth-order valence-electron chi connectivity index (χ4n) is 2.70. The first-order chi connectivity index (χ1) is 10.5. The highest BCUT2D eigenvalue weighted by Gasteiger charge is 2.32. The Kier molecular flexibility index (Phi) is 7.16. The van der Waals surface area contributed by atoms with Crippen molar-refractivity contribution < 1.29 is 14.3 Å². The number of piperidine rings is 1. The number of halogens is 1. The summed E-state index contributed by atoms with van der Waals surface area (Å²) in [6, 6.07) is 5.84. The van der Waals surface area contributed by atoms with Crippen molar-refractivity contribution in [1.82, 2.24) is 10.6 Å². The molecule has 1 heterocycles. The maximum Gasteiger partial charge on any atom is 0.230 e. The number of nitrogens with one attached hydrogen (secondary N) is 2. The predicted octanol–water partition coefficient (Wildman–Crippen LogP) is 2.27. The van der Waals surface area contributed by atoms with Crippen LogP contribution in [0, 0.1) is 0 Å². The molecule has 0 aromatic heterocycles. The number of benzene rings is 1. The summed E-state index contributed by atoms with van der Waals surface area (Å²) in [5, 5.41) is 6.46. The molecule has 23 heavy (non-hydrogen) atoms. The predicted molar refractivity (Wildman–Crippen MR) is 93.9 cm³/mol. The Morgan fingerprint density at radius 1 is 1.26 bits per heavy atom. The summed E-state index contributed by atoms with van der Waals surface area (Å²) < 4.78 is 10.6. The number of methoxy groups -OCH3 is 2. The monoisotopic (exact) mass is 342 g/mol. The van der Waals surface area contributed by atoms with Crippen molar-refractivity contribution in [3.8, 4) is 11.5 Å². The van der Waals surface area contributed by atoms with Crippen LogP contribution in [-0.2, 0) is 10.2 Å². The lowest BCUT2D eigenvalue weighted by Crippen LogP contribution is -2.50. The summed E-state index contributed by atoms with van der Waals surface area (Å²) in [5.74, 6) is 1.34. The second kappa shape index (κ2) is 8.41. The molecule has 1 aliphatic heterocycles. The topological polar surface area (TPSA) is 59.6 Å². The van der Waals surface area contributed by atoms with E-state index >= 15 is 0 Å². The van der Waals surface area contributed by atoms with E-state index in [1.165, 1.54) is 0 Å². The van der Waals surface area contributed by atoms with Crippen LogP contribution < -0.4 is 20.1 Å². The fourth-order valence-corrected chi connectivity index (χ4v) is 2.70. The number of ether oxygens (including phenoxy) is 2. The van der Waals surface area contributed by atoms with Crippen molar-refractivity contribution in [3.05, 3.63) is 23.8 Å². The fraction of sp³-hybridized carbons (Fsp3) is 0.588. The quantitative estimate of drug-likeness (QED) is 0.861. The molecule has 1 fully saturated rings. The average molecular weight is 343 g/mol. The van der Waals surface area contributed by atoms with Gasteiger partial charge < -0.3 is 20.1 Å². The normalized spacial score (nSPS) is 17.8. The molecule has 1 amide bonds. The smallest absolute Gasteiger partial charge is 0.230 e. The van der Waals surface area contributed by atoms with Crippen molar-refractivity contribution in [2.75, 3.05) is 27.3 Å². The SMILES string of the molecule is COc1ccc(C(C)(C)C(=O)N[C@H]2CCCNC2)cc1OC.Cl. The van der Waals surface area contributed by atoms with Gasteiger partial charge in [0.1, 0.15) is 0 Å². The van der Waals surface area contributed by atoms with Gasteiger partial charge in [0.25, 0.3) is 0 Å². The Bertz CT molecular complexity index is 529. The number of hydrogen-bond acceptors (Lipinski definition) is 4. The number of hydrogen-bond donors (Lipinski definition) is 2. The van der Waals surface area contributed by atoms with E-state index in [0.29, 0.717) is 11.5 Å². The molecule has 5 nitrogen and oxygen atoms in total. The van der Waals surface area contributed by atoms with Crippen molar-refractivity contribution in [1.29, 1.82) is 0 Å². The lowest BCUT2D eigenvalue weighted by molar-refractivity contribution is -0.126.